The average molecular weight is 319 g/mol. The van der Waals surface area contributed by atoms with Crippen molar-refractivity contribution in [3.8, 4) is 17.3 Å². The van der Waals surface area contributed by atoms with E-state index in [1.807, 2.05) is 12.1 Å². The Morgan fingerprint density at radius 2 is 1.91 bits per heavy atom. The van der Waals surface area contributed by atoms with E-state index in [2.05, 4.69) is 48.8 Å². The summed E-state index contributed by atoms with van der Waals surface area (Å²) in [5.41, 5.74) is 0.861. The first-order chi connectivity index (χ1) is 10.3. The second-order valence-corrected chi connectivity index (χ2v) is 11.6. The second kappa shape index (κ2) is 6.62. The van der Waals surface area contributed by atoms with E-state index in [1.54, 1.807) is 18.6 Å². The van der Waals surface area contributed by atoms with E-state index in [0.717, 1.165) is 11.4 Å². The van der Waals surface area contributed by atoms with Crippen molar-refractivity contribution >= 4 is 8.32 Å². The number of H-pyrrole nitrogens is 1. The summed E-state index contributed by atoms with van der Waals surface area (Å²) in [6.07, 6.45) is 5.22. The van der Waals surface area contributed by atoms with Gasteiger partial charge in [-0.15, -0.1) is 0 Å². The zero-order valence-electron chi connectivity index (χ0n) is 14.0. The summed E-state index contributed by atoms with van der Waals surface area (Å²) in [5.74, 6) is 1.34. The van der Waals surface area contributed by atoms with E-state index in [0.29, 0.717) is 19.1 Å². The molecular weight excluding hydrogens is 294 g/mol. The highest BCUT2D eigenvalue weighted by Crippen LogP contribution is 2.36. The molecule has 0 fully saturated rings. The van der Waals surface area contributed by atoms with Crippen molar-refractivity contribution in [1.82, 2.24) is 15.0 Å². The van der Waals surface area contributed by atoms with Gasteiger partial charge in [-0.3, -0.25) is 0 Å². The number of nitrogens with one attached hydrogen (secondary N) is 1. The van der Waals surface area contributed by atoms with Crippen molar-refractivity contribution in [2.75, 3.05) is 13.2 Å². The number of pyridine rings is 1. The number of ether oxygens (including phenoxy) is 1. The lowest BCUT2D eigenvalue weighted by atomic mass is 10.2. The molecule has 1 N–H and O–H groups in total. The number of imidazole rings is 1. The summed E-state index contributed by atoms with van der Waals surface area (Å²) in [7, 11) is -1.73. The highest BCUT2D eigenvalue weighted by molar-refractivity contribution is 6.74. The molecule has 2 rings (SSSR count). The fourth-order valence-electron chi connectivity index (χ4n) is 1.75. The first kappa shape index (κ1) is 16.7. The van der Waals surface area contributed by atoms with Crippen LogP contribution in [-0.4, -0.2) is 36.5 Å². The maximum absolute atomic E-state index is 6.11. The van der Waals surface area contributed by atoms with Crippen LogP contribution < -0.4 is 4.74 Å². The minimum atomic E-state index is -1.73. The van der Waals surface area contributed by atoms with Crippen LogP contribution in [0, 0.1) is 0 Å². The number of rotatable bonds is 6. The molecule has 22 heavy (non-hydrogen) atoms. The normalized spacial score (nSPS) is 12.4. The van der Waals surface area contributed by atoms with E-state index in [9.17, 15) is 0 Å². The molecule has 0 atom stereocenters. The number of hydrogen-bond acceptors (Lipinski definition) is 4. The Morgan fingerprint density at radius 3 is 2.55 bits per heavy atom. The van der Waals surface area contributed by atoms with Crippen molar-refractivity contribution in [1.29, 1.82) is 0 Å². The van der Waals surface area contributed by atoms with Gasteiger partial charge in [0.25, 0.3) is 0 Å². The molecular formula is C16H25N3O2Si. The molecule has 0 bridgehead atoms. The molecule has 2 aromatic heterocycles. The average Bonchev–Trinajstić information content (AvgIpc) is 2.97. The smallest absolute Gasteiger partial charge is 0.224 e. The summed E-state index contributed by atoms with van der Waals surface area (Å²) in [5, 5.41) is 0.206. The maximum Gasteiger partial charge on any atom is 0.224 e. The molecule has 120 valence electrons. The van der Waals surface area contributed by atoms with Gasteiger partial charge in [0.2, 0.25) is 5.88 Å². The molecule has 0 aliphatic heterocycles. The molecule has 6 heteroatoms. The molecule has 0 radical (unpaired) electrons. The number of aromatic nitrogens is 3. The third-order valence-electron chi connectivity index (χ3n) is 4.12. The van der Waals surface area contributed by atoms with Crippen LogP contribution in [0.4, 0.5) is 0 Å². The van der Waals surface area contributed by atoms with E-state index < -0.39 is 8.32 Å². The van der Waals surface area contributed by atoms with Gasteiger partial charge in [-0.05, 0) is 30.3 Å². The van der Waals surface area contributed by atoms with Gasteiger partial charge in [-0.25, -0.2) is 9.97 Å². The minimum Gasteiger partial charge on any atom is -0.475 e. The zero-order valence-corrected chi connectivity index (χ0v) is 15.0. The van der Waals surface area contributed by atoms with Gasteiger partial charge < -0.3 is 14.1 Å². The first-order valence-electron chi connectivity index (χ1n) is 7.53. The van der Waals surface area contributed by atoms with E-state index in [1.165, 1.54) is 0 Å². The first-order valence-corrected chi connectivity index (χ1v) is 10.4. The van der Waals surface area contributed by atoms with Crippen molar-refractivity contribution in [2.24, 2.45) is 0 Å². The third-order valence-corrected chi connectivity index (χ3v) is 8.65. The van der Waals surface area contributed by atoms with Crippen LogP contribution in [0.1, 0.15) is 20.8 Å². The Hall–Kier alpha value is -1.66. The minimum absolute atomic E-state index is 0.206. The quantitative estimate of drug-likeness (QED) is 0.648. The van der Waals surface area contributed by atoms with Crippen molar-refractivity contribution in [3.63, 3.8) is 0 Å². The van der Waals surface area contributed by atoms with Crippen LogP contribution in [0.25, 0.3) is 11.4 Å². The second-order valence-electron chi connectivity index (χ2n) is 6.75. The standard InChI is InChI=1S/C16H25N3O2Si/c1-16(2,3)22(4,5)21-12-11-20-15-13(7-6-8-19-15)14-17-9-10-18-14/h6-10H,11-12H2,1-5H3,(H,17,18). The van der Waals surface area contributed by atoms with Crippen LogP contribution in [0.2, 0.25) is 18.1 Å². The van der Waals surface area contributed by atoms with Crippen LogP contribution >= 0.6 is 0 Å². The molecule has 2 heterocycles. The van der Waals surface area contributed by atoms with Gasteiger partial charge in [-0.1, -0.05) is 20.8 Å². The van der Waals surface area contributed by atoms with Crippen LogP contribution in [0.15, 0.2) is 30.7 Å². The molecule has 0 aliphatic carbocycles. The molecule has 0 unspecified atom stereocenters. The lowest BCUT2D eigenvalue weighted by Gasteiger charge is -2.36. The highest BCUT2D eigenvalue weighted by atomic mass is 28.4. The third kappa shape index (κ3) is 3.95. The number of aromatic amines is 1. The van der Waals surface area contributed by atoms with E-state index in [4.69, 9.17) is 9.16 Å². The zero-order chi connectivity index (χ0) is 16.2. The lowest BCUT2D eigenvalue weighted by molar-refractivity contribution is 0.199. The Balaban J connectivity index is 1.94. The largest absolute Gasteiger partial charge is 0.475 e. The van der Waals surface area contributed by atoms with Crippen molar-refractivity contribution < 1.29 is 9.16 Å². The fraction of sp³-hybridized carbons (Fsp3) is 0.500. The highest BCUT2D eigenvalue weighted by Gasteiger charge is 2.36. The summed E-state index contributed by atoms with van der Waals surface area (Å²) in [4.78, 5) is 11.6. The molecule has 0 amide bonds. The Morgan fingerprint density at radius 1 is 1.14 bits per heavy atom. The molecule has 0 aliphatic rings. The summed E-state index contributed by atoms with van der Waals surface area (Å²) in [6.45, 7) is 12.2. The molecule has 2 aromatic rings. The predicted molar refractivity (Wildman–Crippen MR) is 90.5 cm³/mol. The number of nitrogens with zero attached hydrogens (tertiary/aromatic N) is 2. The van der Waals surface area contributed by atoms with Gasteiger partial charge in [0.1, 0.15) is 12.4 Å². The molecule has 0 saturated carbocycles. The number of hydrogen-bond donors (Lipinski definition) is 1. The van der Waals surface area contributed by atoms with E-state index in [-0.39, 0.29) is 5.04 Å². The summed E-state index contributed by atoms with van der Waals surface area (Å²) < 4.78 is 11.9. The van der Waals surface area contributed by atoms with Crippen LogP contribution in [-0.2, 0) is 4.43 Å². The Labute approximate surface area is 133 Å². The van der Waals surface area contributed by atoms with Crippen molar-refractivity contribution in [2.45, 2.75) is 38.9 Å². The summed E-state index contributed by atoms with van der Waals surface area (Å²) in [6, 6.07) is 3.81. The maximum atomic E-state index is 6.11. The monoisotopic (exact) mass is 319 g/mol. The Bertz CT molecular complexity index is 592. The molecule has 0 aromatic carbocycles. The molecule has 5 nitrogen and oxygen atoms in total. The van der Waals surface area contributed by atoms with Gasteiger partial charge in [0, 0.05) is 18.6 Å². The fourth-order valence-corrected chi connectivity index (χ4v) is 2.78. The van der Waals surface area contributed by atoms with Gasteiger partial charge in [0.05, 0.1) is 12.2 Å². The summed E-state index contributed by atoms with van der Waals surface area (Å²) >= 11 is 0. The Kier molecular flexibility index (Phi) is 5.03. The van der Waals surface area contributed by atoms with Gasteiger partial charge in [-0.2, -0.15) is 0 Å². The predicted octanol–water partition coefficient (Wildman–Crippen LogP) is 3.87. The van der Waals surface area contributed by atoms with E-state index >= 15 is 0 Å². The SMILES string of the molecule is CC(C)(C)[Si](C)(C)OCCOc1ncccc1-c1ncc[nH]1. The van der Waals surface area contributed by atoms with Crippen LogP contribution in [0.5, 0.6) is 5.88 Å². The van der Waals surface area contributed by atoms with Gasteiger partial charge in [0.15, 0.2) is 8.32 Å². The lowest BCUT2D eigenvalue weighted by Crippen LogP contribution is -2.41. The van der Waals surface area contributed by atoms with Crippen molar-refractivity contribution in [3.05, 3.63) is 30.7 Å². The van der Waals surface area contributed by atoms with Gasteiger partial charge >= 0.3 is 0 Å². The molecule has 0 saturated heterocycles. The molecule has 0 spiro atoms. The van der Waals surface area contributed by atoms with Crippen LogP contribution in [0.3, 0.4) is 0 Å². The topological polar surface area (TPSA) is 60.0 Å².